The summed E-state index contributed by atoms with van der Waals surface area (Å²) in [5.41, 5.74) is 6.98. The number of para-hydroxylation sites is 1. The summed E-state index contributed by atoms with van der Waals surface area (Å²) < 4.78 is 31.8. The van der Waals surface area contributed by atoms with E-state index in [1.807, 2.05) is 0 Å². The third-order valence-electron chi connectivity index (χ3n) is 3.27. The van der Waals surface area contributed by atoms with E-state index >= 15 is 0 Å². The standard InChI is InChI=1S/C14H11Cl2N3O3S2/c1-22-10-5-3-2-4-8(10)9-7-19(18-14(9)17)24(20,21)11-6-12(15)23-13(11)16/h2-7H,1H3,(H2,17,18). The third kappa shape index (κ3) is 2.86. The summed E-state index contributed by atoms with van der Waals surface area (Å²) in [5.74, 6) is 0.610. The van der Waals surface area contributed by atoms with Gasteiger partial charge in [0.2, 0.25) is 0 Å². The Morgan fingerprint density at radius 2 is 1.96 bits per heavy atom. The van der Waals surface area contributed by atoms with Gasteiger partial charge in [-0.1, -0.05) is 41.4 Å². The van der Waals surface area contributed by atoms with E-state index < -0.39 is 10.0 Å². The fourth-order valence-electron chi connectivity index (χ4n) is 2.17. The summed E-state index contributed by atoms with van der Waals surface area (Å²) in [5, 5.41) is 3.91. The summed E-state index contributed by atoms with van der Waals surface area (Å²) in [6.07, 6.45) is 1.32. The molecular formula is C14H11Cl2N3O3S2. The number of rotatable bonds is 4. The van der Waals surface area contributed by atoms with E-state index in [9.17, 15) is 8.42 Å². The zero-order chi connectivity index (χ0) is 17.5. The number of methoxy groups -OCH3 is 1. The number of benzene rings is 1. The summed E-state index contributed by atoms with van der Waals surface area (Å²) in [7, 11) is -2.48. The van der Waals surface area contributed by atoms with Gasteiger partial charge in [-0.3, -0.25) is 0 Å². The highest BCUT2D eigenvalue weighted by molar-refractivity contribution is 7.90. The molecule has 1 aromatic carbocycles. The van der Waals surface area contributed by atoms with Crippen LogP contribution in [0, 0.1) is 0 Å². The first-order valence-corrected chi connectivity index (χ1v) is 9.54. The second-order valence-corrected chi connectivity index (χ2v) is 8.74. The number of nitrogens with zero attached hydrogens (tertiary/aromatic N) is 2. The third-order valence-corrected chi connectivity index (χ3v) is 6.55. The van der Waals surface area contributed by atoms with Crippen LogP contribution in [0.2, 0.25) is 8.67 Å². The monoisotopic (exact) mass is 403 g/mol. The number of ether oxygens (including phenoxy) is 1. The second-order valence-electron chi connectivity index (χ2n) is 4.69. The molecule has 2 N–H and O–H groups in total. The molecule has 0 aliphatic carbocycles. The van der Waals surface area contributed by atoms with Crippen LogP contribution in [0.15, 0.2) is 41.4 Å². The summed E-state index contributed by atoms with van der Waals surface area (Å²) in [6, 6.07) is 8.38. The van der Waals surface area contributed by atoms with Gasteiger partial charge in [-0.25, -0.2) is 0 Å². The minimum absolute atomic E-state index is 0.0560. The molecule has 0 saturated heterocycles. The lowest BCUT2D eigenvalue weighted by Gasteiger charge is -2.06. The molecule has 0 spiro atoms. The predicted octanol–water partition coefficient (Wildman–Crippen LogP) is 3.75. The first-order chi connectivity index (χ1) is 11.3. The van der Waals surface area contributed by atoms with Crippen molar-refractivity contribution in [1.29, 1.82) is 0 Å². The average Bonchev–Trinajstić information content (AvgIpc) is 3.10. The molecular weight excluding hydrogens is 393 g/mol. The summed E-state index contributed by atoms with van der Waals surface area (Å²) >= 11 is 12.7. The Kier molecular flexibility index (Phi) is 4.48. The summed E-state index contributed by atoms with van der Waals surface area (Å²) in [4.78, 5) is -0.117. The molecule has 0 aliphatic heterocycles. The molecule has 0 bridgehead atoms. The van der Waals surface area contributed by atoms with E-state index in [2.05, 4.69) is 5.10 Å². The quantitative estimate of drug-likeness (QED) is 0.716. The maximum absolute atomic E-state index is 12.7. The topological polar surface area (TPSA) is 87.2 Å². The van der Waals surface area contributed by atoms with E-state index in [1.165, 1.54) is 19.4 Å². The van der Waals surface area contributed by atoms with Crippen molar-refractivity contribution >= 4 is 50.4 Å². The molecule has 0 radical (unpaired) electrons. The Hall–Kier alpha value is -1.74. The highest BCUT2D eigenvalue weighted by Gasteiger charge is 2.26. The van der Waals surface area contributed by atoms with E-state index in [4.69, 9.17) is 33.7 Å². The molecule has 0 aliphatic rings. The number of aromatic nitrogens is 2. The fourth-order valence-corrected chi connectivity index (χ4v) is 5.42. The molecule has 0 fully saturated rings. The first kappa shape index (κ1) is 17.1. The first-order valence-electron chi connectivity index (χ1n) is 6.53. The molecule has 10 heteroatoms. The maximum Gasteiger partial charge on any atom is 0.285 e. The van der Waals surface area contributed by atoms with Crippen molar-refractivity contribution in [2.75, 3.05) is 12.8 Å². The van der Waals surface area contributed by atoms with Gasteiger partial charge in [-0.2, -0.15) is 12.5 Å². The minimum atomic E-state index is -4.00. The van der Waals surface area contributed by atoms with Gasteiger partial charge in [0.05, 0.1) is 17.6 Å². The average molecular weight is 404 g/mol. The van der Waals surface area contributed by atoms with Crippen LogP contribution in [0.25, 0.3) is 11.1 Å². The lowest BCUT2D eigenvalue weighted by Crippen LogP contribution is -2.13. The largest absolute Gasteiger partial charge is 0.496 e. The zero-order valence-electron chi connectivity index (χ0n) is 12.2. The number of halogens is 2. The van der Waals surface area contributed by atoms with Crippen molar-refractivity contribution in [2.24, 2.45) is 0 Å². The van der Waals surface area contributed by atoms with Gasteiger partial charge >= 0.3 is 0 Å². The number of hydrogen-bond donors (Lipinski definition) is 1. The molecule has 2 aromatic heterocycles. The molecule has 3 aromatic rings. The van der Waals surface area contributed by atoms with Gasteiger partial charge < -0.3 is 10.5 Å². The van der Waals surface area contributed by atoms with Crippen LogP contribution in [0.3, 0.4) is 0 Å². The van der Waals surface area contributed by atoms with E-state index in [-0.39, 0.29) is 19.4 Å². The van der Waals surface area contributed by atoms with Gasteiger partial charge in [0.1, 0.15) is 15.0 Å². The van der Waals surface area contributed by atoms with Gasteiger partial charge in [0.15, 0.2) is 5.82 Å². The number of anilines is 1. The predicted molar refractivity (Wildman–Crippen MR) is 95.6 cm³/mol. The van der Waals surface area contributed by atoms with Crippen LogP contribution >= 0.6 is 34.5 Å². The molecule has 6 nitrogen and oxygen atoms in total. The van der Waals surface area contributed by atoms with Gasteiger partial charge in [0.25, 0.3) is 10.0 Å². The normalized spacial score (nSPS) is 11.6. The Labute approximate surface area is 152 Å². The summed E-state index contributed by atoms with van der Waals surface area (Å²) in [6.45, 7) is 0. The van der Waals surface area contributed by atoms with Crippen LogP contribution in [-0.2, 0) is 10.0 Å². The molecule has 126 valence electrons. The molecule has 0 atom stereocenters. The zero-order valence-corrected chi connectivity index (χ0v) is 15.4. The minimum Gasteiger partial charge on any atom is -0.496 e. The number of hydrogen-bond acceptors (Lipinski definition) is 6. The van der Waals surface area contributed by atoms with Crippen LogP contribution in [-0.4, -0.2) is 24.7 Å². The number of nitrogens with two attached hydrogens (primary N) is 1. The van der Waals surface area contributed by atoms with Crippen molar-refractivity contribution in [3.05, 3.63) is 45.2 Å². The van der Waals surface area contributed by atoms with Gasteiger partial charge in [-0.15, -0.1) is 16.4 Å². The maximum atomic E-state index is 12.7. The van der Waals surface area contributed by atoms with Crippen LogP contribution in [0.1, 0.15) is 0 Å². The lowest BCUT2D eigenvalue weighted by atomic mass is 10.1. The van der Waals surface area contributed by atoms with Crippen LogP contribution in [0.4, 0.5) is 5.82 Å². The highest BCUT2D eigenvalue weighted by Crippen LogP contribution is 2.37. The number of nitrogen functional groups attached to an aromatic ring is 1. The SMILES string of the molecule is COc1ccccc1-c1cn(S(=O)(=O)c2cc(Cl)sc2Cl)nc1N. The molecule has 24 heavy (non-hydrogen) atoms. The van der Waals surface area contributed by atoms with Crippen molar-refractivity contribution in [2.45, 2.75) is 4.90 Å². The van der Waals surface area contributed by atoms with Gasteiger partial charge in [-0.05, 0) is 12.1 Å². The molecule has 0 unspecified atom stereocenters. The fraction of sp³-hybridized carbons (Fsp3) is 0.0714. The van der Waals surface area contributed by atoms with Crippen molar-refractivity contribution < 1.29 is 13.2 Å². The Morgan fingerprint density at radius 1 is 1.25 bits per heavy atom. The lowest BCUT2D eigenvalue weighted by molar-refractivity contribution is 0.416. The van der Waals surface area contributed by atoms with Crippen LogP contribution < -0.4 is 10.5 Å². The van der Waals surface area contributed by atoms with Crippen molar-refractivity contribution in [3.8, 4) is 16.9 Å². The van der Waals surface area contributed by atoms with E-state index in [0.29, 0.717) is 16.9 Å². The molecule has 3 rings (SSSR count). The van der Waals surface area contributed by atoms with Crippen LogP contribution in [0.5, 0.6) is 5.75 Å². The number of thiophene rings is 1. The van der Waals surface area contributed by atoms with Crippen molar-refractivity contribution in [1.82, 2.24) is 9.19 Å². The van der Waals surface area contributed by atoms with E-state index in [0.717, 1.165) is 15.4 Å². The van der Waals surface area contributed by atoms with Crippen molar-refractivity contribution in [3.63, 3.8) is 0 Å². The Morgan fingerprint density at radius 3 is 2.58 bits per heavy atom. The van der Waals surface area contributed by atoms with E-state index in [1.54, 1.807) is 24.3 Å². The Bertz CT molecular complexity index is 1010. The highest BCUT2D eigenvalue weighted by atomic mass is 35.5. The Balaban J connectivity index is 2.14. The smallest absolute Gasteiger partial charge is 0.285 e. The molecule has 0 saturated carbocycles. The van der Waals surface area contributed by atoms with Gasteiger partial charge in [0, 0.05) is 11.1 Å². The second kappa shape index (κ2) is 6.29. The molecule has 2 heterocycles. The molecule has 0 amide bonds.